The van der Waals surface area contributed by atoms with Crippen molar-refractivity contribution in [1.29, 1.82) is 0 Å². The molecule has 1 saturated heterocycles. The van der Waals surface area contributed by atoms with Gasteiger partial charge in [-0.2, -0.15) is 0 Å². The van der Waals surface area contributed by atoms with Crippen molar-refractivity contribution in [2.24, 2.45) is 5.92 Å². The number of hydrogen-bond donors (Lipinski definition) is 0. The number of fused-ring (bicyclic) bond motifs is 1. The second-order valence-corrected chi connectivity index (χ2v) is 6.31. The topological polar surface area (TPSA) is 69.0 Å². The highest BCUT2D eigenvalue weighted by Gasteiger charge is 2.46. The van der Waals surface area contributed by atoms with Gasteiger partial charge >= 0.3 is 11.9 Å². The molecule has 0 N–H and O–H groups in total. The van der Waals surface area contributed by atoms with Crippen LogP contribution in [0.3, 0.4) is 0 Å². The smallest absolute Gasteiger partial charge is 0.341 e. The van der Waals surface area contributed by atoms with Gasteiger partial charge in [0.2, 0.25) is 0 Å². The normalized spacial score (nSPS) is 27.5. The zero-order valence-electron chi connectivity index (χ0n) is 13.6. The van der Waals surface area contributed by atoms with Crippen molar-refractivity contribution in [1.82, 2.24) is 4.90 Å². The average Bonchev–Trinajstić information content (AvgIpc) is 3.19. The number of carbonyl (C=O) groups excluding carboxylic acids is 2. The summed E-state index contributed by atoms with van der Waals surface area (Å²) < 4.78 is 15.3. The first-order valence-corrected chi connectivity index (χ1v) is 8.14. The molecule has 6 heteroatoms. The van der Waals surface area contributed by atoms with Crippen LogP contribution in [0.5, 0.6) is 0 Å². The third-order valence-corrected chi connectivity index (χ3v) is 5.17. The fraction of sp³-hybridized carbons (Fsp3) is 0.647. The van der Waals surface area contributed by atoms with Gasteiger partial charge in [0.1, 0.15) is 17.4 Å². The number of methoxy groups -OCH3 is 2. The van der Waals surface area contributed by atoms with Crippen molar-refractivity contribution in [2.45, 2.75) is 50.7 Å². The van der Waals surface area contributed by atoms with E-state index in [2.05, 4.69) is 4.90 Å². The zero-order valence-corrected chi connectivity index (χ0v) is 13.6. The van der Waals surface area contributed by atoms with Gasteiger partial charge in [0.25, 0.3) is 0 Å². The van der Waals surface area contributed by atoms with Crippen LogP contribution < -0.4 is 0 Å². The van der Waals surface area contributed by atoms with Crippen molar-refractivity contribution >= 4 is 11.9 Å². The molecule has 0 bridgehead atoms. The van der Waals surface area contributed by atoms with Gasteiger partial charge in [-0.1, -0.05) is 12.8 Å². The average molecular weight is 321 g/mol. The van der Waals surface area contributed by atoms with Crippen molar-refractivity contribution in [3.05, 3.63) is 23.7 Å². The van der Waals surface area contributed by atoms with Crippen LogP contribution in [0, 0.1) is 5.92 Å². The number of rotatable bonds is 4. The summed E-state index contributed by atoms with van der Waals surface area (Å²) in [5.74, 6) is 0.453. The van der Waals surface area contributed by atoms with E-state index in [1.165, 1.54) is 33.3 Å². The molecule has 0 amide bonds. The van der Waals surface area contributed by atoms with Gasteiger partial charge < -0.3 is 13.9 Å². The molecule has 1 aromatic rings. The number of hydrogen-bond acceptors (Lipinski definition) is 6. The van der Waals surface area contributed by atoms with E-state index in [0.29, 0.717) is 29.8 Å². The summed E-state index contributed by atoms with van der Waals surface area (Å²) in [6.45, 7) is 0.429. The minimum absolute atomic E-state index is 0.203. The molecule has 126 valence electrons. The van der Waals surface area contributed by atoms with Gasteiger partial charge in [0.05, 0.1) is 27.0 Å². The quantitative estimate of drug-likeness (QED) is 0.793. The minimum Gasteiger partial charge on any atom is -0.468 e. The van der Waals surface area contributed by atoms with Gasteiger partial charge in [0.15, 0.2) is 0 Å². The van der Waals surface area contributed by atoms with Crippen LogP contribution in [0.15, 0.2) is 16.7 Å². The molecule has 1 aliphatic heterocycles. The van der Waals surface area contributed by atoms with Crippen LogP contribution in [-0.2, 0) is 20.8 Å². The Morgan fingerprint density at radius 1 is 1.26 bits per heavy atom. The first kappa shape index (κ1) is 16.1. The Balaban J connectivity index is 1.84. The predicted octanol–water partition coefficient (Wildman–Crippen LogP) is 2.37. The molecule has 3 atom stereocenters. The molecule has 0 aromatic carbocycles. The highest BCUT2D eigenvalue weighted by Crippen LogP contribution is 2.41. The van der Waals surface area contributed by atoms with Crippen molar-refractivity contribution in [3.8, 4) is 0 Å². The molecule has 1 aliphatic carbocycles. The van der Waals surface area contributed by atoms with Gasteiger partial charge in [-0.15, -0.1) is 0 Å². The van der Waals surface area contributed by atoms with E-state index >= 15 is 0 Å². The molecular weight excluding hydrogens is 298 g/mol. The molecule has 1 saturated carbocycles. The van der Waals surface area contributed by atoms with Gasteiger partial charge in [-0.05, 0) is 31.2 Å². The molecule has 1 aromatic heterocycles. The lowest BCUT2D eigenvalue weighted by Crippen LogP contribution is -2.42. The second kappa shape index (κ2) is 6.74. The van der Waals surface area contributed by atoms with Crippen LogP contribution in [0.25, 0.3) is 0 Å². The predicted molar refractivity (Wildman–Crippen MR) is 81.8 cm³/mol. The van der Waals surface area contributed by atoms with E-state index in [4.69, 9.17) is 13.9 Å². The Morgan fingerprint density at radius 3 is 2.78 bits per heavy atom. The third kappa shape index (κ3) is 3.00. The molecule has 23 heavy (non-hydrogen) atoms. The van der Waals surface area contributed by atoms with Crippen molar-refractivity contribution in [3.63, 3.8) is 0 Å². The maximum atomic E-state index is 12.2. The third-order valence-electron chi connectivity index (χ3n) is 5.17. The van der Waals surface area contributed by atoms with Gasteiger partial charge in [0, 0.05) is 6.04 Å². The molecule has 3 rings (SSSR count). The van der Waals surface area contributed by atoms with Gasteiger partial charge in [-0.3, -0.25) is 9.69 Å². The number of likely N-dealkylation sites (tertiary alicyclic amines) is 1. The lowest BCUT2D eigenvalue weighted by atomic mass is 9.85. The number of ether oxygens (including phenoxy) is 2. The summed E-state index contributed by atoms with van der Waals surface area (Å²) in [7, 11) is 2.78. The van der Waals surface area contributed by atoms with E-state index in [9.17, 15) is 9.59 Å². The Kier molecular flexibility index (Phi) is 4.71. The molecule has 6 nitrogen and oxygen atoms in total. The van der Waals surface area contributed by atoms with Gasteiger partial charge in [-0.25, -0.2) is 4.79 Å². The SMILES string of the molecule is COC(=O)c1ccoc1CN1[C@H](C(=O)OC)C[C@H]2CCCC[C@@H]21. The van der Waals surface area contributed by atoms with E-state index in [1.807, 2.05) is 0 Å². The number of nitrogens with zero attached hydrogens (tertiary/aromatic N) is 1. The molecular formula is C17H23NO5. The Labute approximate surface area is 135 Å². The number of esters is 2. The standard InChI is InChI=1S/C17H23NO5/c1-21-16(19)12-7-8-23-15(12)10-18-13-6-4-3-5-11(13)9-14(18)17(20)22-2/h7-8,11,13-14H,3-6,9-10H2,1-2H3/t11-,13+,14+/m1/s1. The first-order chi connectivity index (χ1) is 11.2. The Morgan fingerprint density at radius 2 is 2.04 bits per heavy atom. The maximum Gasteiger partial charge on any atom is 0.341 e. The van der Waals surface area contributed by atoms with Crippen molar-refractivity contribution in [2.75, 3.05) is 14.2 Å². The summed E-state index contributed by atoms with van der Waals surface area (Å²) in [5.41, 5.74) is 0.426. The molecule has 2 aliphatic rings. The molecule has 2 heterocycles. The lowest BCUT2D eigenvalue weighted by molar-refractivity contribution is -0.146. The number of carbonyl (C=O) groups is 2. The van der Waals surface area contributed by atoms with Crippen LogP contribution >= 0.6 is 0 Å². The van der Waals surface area contributed by atoms with E-state index in [1.54, 1.807) is 6.07 Å². The van der Waals surface area contributed by atoms with Crippen LogP contribution in [0.1, 0.15) is 48.2 Å². The fourth-order valence-corrected chi connectivity index (χ4v) is 4.07. The lowest BCUT2D eigenvalue weighted by Gasteiger charge is -2.32. The zero-order chi connectivity index (χ0) is 16.4. The summed E-state index contributed by atoms with van der Waals surface area (Å²) in [6, 6.07) is 1.70. The summed E-state index contributed by atoms with van der Waals surface area (Å²) in [5, 5.41) is 0. The summed E-state index contributed by atoms with van der Waals surface area (Å²) in [6.07, 6.45) is 6.93. The van der Waals surface area contributed by atoms with E-state index < -0.39 is 5.97 Å². The minimum atomic E-state index is -0.414. The van der Waals surface area contributed by atoms with Crippen LogP contribution in [0.2, 0.25) is 0 Å². The second-order valence-electron chi connectivity index (χ2n) is 6.31. The van der Waals surface area contributed by atoms with Crippen molar-refractivity contribution < 1.29 is 23.5 Å². The van der Waals surface area contributed by atoms with E-state index in [0.717, 1.165) is 19.3 Å². The van der Waals surface area contributed by atoms with E-state index in [-0.39, 0.29) is 12.0 Å². The molecule has 0 unspecified atom stereocenters. The highest BCUT2D eigenvalue weighted by molar-refractivity contribution is 5.90. The Hall–Kier alpha value is -1.82. The van der Waals surface area contributed by atoms with Crippen LogP contribution in [0.4, 0.5) is 0 Å². The fourth-order valence-electron chi connectivity index (χ4n) is 4.07. The summed E-state index contributed by atoms with van der Waals surface area (Å²) >= 11 is 0. The summed E-state index contributed by atoms with van der Waals surface area (Å²) in [4.78, 5) is 26.2. The Bertz CT molecular complexity index is 581. The highest BCUT2D eigenvalue weighted by atomic mass is 16.5. The number of furan rings is 1. The molecule has 2 fully saturated rings. The maximum absolute atomic E-state index is 12.2. The largest absolute Gasteiger partial charge is 0.468 e. The molecule has 0 radical (unpaired) electrons. The monoisotopic (exact) mass is 321 g/mol. The first-order valence-electron chi connectivity index (χ1n) is 8.14. The molecule has 0 spiro atoms. The van der Waals surface area contributed by atoms with Crippen LogP contribution in [-0.4, -0.2) is 43.1 Å².